The van der Waals surface area contributed by atoms with Crippen molar-refractivity contribution in [3.63, 3.8) is 0 Å². The lowest BCUT2D eigenvalue weighted by molar-refractivity contribution is -0.137. The van der Waals surface area contributed by atoms with Gasteiger partial charge in [0.1, 0.15) is 0 Å². The number of aliphatic carboxylic acids is 1. The molecule has 1 aliphatic heterocycles. The van der Waals surface area contributed by atoms with Gasteiger partial charge in [0.2, 0.25) is 0 Å². The highest BCUT2D eigenvalue weighted by Gasteiger charge is 2.26. The number of carbonyl (C=O) groups is 2. The second-order valence-electron chi connectivity index (χ2n) is 6.43. The van der Waals surface area contributed by atoms with Crippen LogP contribution < -0.4 is 0 Å². The fourth-order valence-electron chi connectivity index (χ4n) is 3.21. The first-order chi connectivity index (χ1) is 12.4. The van der Waals surface area contributed by atoms with Crippen LogP contribution in [0.5, 0.6) is 0 Å². The van der Waals surface area contributed by atoms with E-state index in [4.69, 9.17) is 28.3 Å². The number of carboxylic acid groups (broad SMARTS) is 1. The molecule has 0 aliphatic carbocycles. The Morgan fingerprint density at radius 3 is 2.81 bits per heavy atom. The molecule has 1 aromatic heterocycles. The van der Waals surface area contributed by atoms with E-state index < -0.39 is 5.97 Å². The number of aromatic nitrogens is 2. The van der Waals surface area contributed by atoms with Gasteiger partial charge in [-0.15, -0.1) is 0 Å². The average Bonchev–Trinajstić information content (AvgIpc) is 3.09. The number of halogens is 2. The Kier molecular flexibility index (Phi) is 5.84. The lowest BCUT2D eigenvalue weighted by Gasteiger charge is -2.32. The van der Waals surface area contributed by atoms with Gasteiger partial charge >= 0.3 is 5.97 Å². The molecule has 1 aromatic carbocycles. The van der Waals surface area contributed by atoms with Gasteiger partial charge in [-0.05, 0) is 49.4 Å². The van der Waals surface area contributed by atoms with E-state index in [0.29, 0.717) is 40.9 Å². The zero-order valence-electron chi connectivity index (χ0n) is 14.1. The maximum absolute atomic E-state index is 12.7. The molecule has 0 radical (unpaired) electrons. The van der Waals surface area contributed by atoms with Crippen molar-refractivity contribution in [2.75, 3.05) is 13.1 Å². The summed E-state index contributed by atoms with van der Waals surface area (Å²) in [6.07, 6.45) is 4.24. The molecule has 8 heteroatoms. The molecule has 0 saturated carbocycles. The molecule has 6 nitrogen and oxygen atoms in total. The summed E-state index contributed by atoms with van der Waals surface area (Å²) in [4.78, 5) is 25.3. The van der Waals surface area contributed by atoms with Gasteiger partial charge < -0.3 is 10.0 Å². The monoisotopic (exact) mass is 395 g/mol. The molecule has 2 heterocycles. The molecule has 0 bridgehead atoms. The van der Waals surface area contributed by atoms with Crippen LogP contribution in [-0.4, -0.2) is 44.8 Å². The number of amides is 1. The second kappa shape index (κ2) is 8.10. The smallest absolute Gasteiger partial charge is 0.303 e. The number of benzene rings is 1. The number of hydrogen-bond donors (Lipinski definition) is 1. The fraction of sp³-hybridized carbons (Fsp3) is 0.389. The zero-order valence-corrected chi connectivity index (χ0v) is 15.6. The van der Waals surface area contributed by atoms with Gasteiger partial charge in [-0.3, -0.25) is 9.59 Å². The average molecular weight is 396 g/mol. The largest absolute Gasteiger partial charge is 0.481 e. The van der Waals surface area contributed by atoms with E-state index in [1.54, 1.807) is 40.0 Å². The molecule has 138 valence electrons. The molecular formula is C18H19Cl2N3O3. The number of rotatable bonds is 5. The SMILES string of the molecule is O=C(O)CCC1CCCN(C(=O)c2ccn(-c3ccc(Cl)cc3Cl)n2)C1. The third kappa shape index (κ3) is 4.37. The minimum absolute atomic E-state index is 0.135. The van der Waals surface area contributed by atoms with Crippen molar-refractivity contribution in [1.82, 2.24) is 14.7 Å². The van der Waals surface area contributed by atoms with Crippen LogP contribution in [0.15, 0.2) is 30.5 Å². The molecule has 1 amide bonds. The van der Waals surface area contributed by atoms with Gasteiger partial charge in [0.25, 0.3) is 5.91 Å². The van der Waals surface area contributed by atoms with Gasteiger partial charge in [-0.25, -0.2) is 4.68 Å². The summed E-state index contributed by atoms with van der Waals surface area (Å²) in [5.41, 5.74) is 0.989. The van der Waals surface area contributed by atoms with Crippen LogP contribution in [0, 0.1) is 5.92 Å². The summed E-state index contributed by atoms with van der Waals surface area (Å²) in [6, 6.07) is 6.74. The summed E-state index contributed by atoms with van der Waals surface area (Å²) in [7, 11) is 0. The number of nitrogens with zero attached hydrogens (tertiary/aromatic N) is 3. The molecule has 2 aromatic rings. The van der Waals surface area contributed by atoms with Crippen LogP contribution in [0.25, 0.3) is 5.69 Å². The lowest BCUT2D eigenvalue weighted by atomic mass is 9.93. The minimum Gasteiger partial charge on any atom is -0.481 e. The highest BCUT2D eigenvalue weighted by Crippen LogP contribution is 2.25. The maximum atomic E-state index is 12.7. The lowest BCUT2D eigenvalue weighted by Crippen LogP contribution is -2.40. The normalized spacial score (nSPS) is 17.3. The van der Waals surface area contributed by atoms with Crippen LogP contribution in [0.1, 0.15) is 36.2 Å². The zero-order chi connectivity index (χ0) is 18.7. The van der Waals surface area contributed by atoms with Crippen LogP contribution in [0.4, 0.5) is 0 Å². The molecule has 3 rings (SSSR count). The molecule has 1 aliphatic rings. The van der Waals surface area contributed by atoms with E-state index in [-0.39, 0.29) is 18.2 Å². The molecule has 1 fully saturated rings. The standard InChI is InChI=1S/C18H19Cl2N3O3/c19-13-4-5-16(14(20)10-13)23-9-7-15(21-23)18(26)22-8-1-2-12(11-22)3-6-17(24)25/h4-5,7,9-10,12H,1-3,6,8,11H2,(H,24,25). The minimum atomic E-state index is -0.799. The number of piperidine rings is 1. The number of carbonyl (C=O) groups excluding carboxylic acids is 1. The summed E-state index contributed by atoms with van der Waals surface area (Å²) in [5, 5.41) is 14.2. The highest BCUT2D eigenvalue weighted by atomic mass is 35.5. The number of hydrogen-bond acceptors (Lipinski definition) is 3. The van der Waals surface area contributed by atoms with Crippen molar-refractivity contribution in [3.05, 3.63) is 46.2 Å². The molecule has 26 heavy (non-hydrogen) atoms. The van der Waals surface area contributed by atoms with Gasteiger partial charge in [-0.2, -0.15) is 5.10 Å². The molecule has 1 N–H and O–H groups in total. The van der Waals surface area contributed by atoms with Crippen molar-refractivity contribution in [2.45, 2.75) is 25.7 Å². The number of likely N-dealkylation sites (tertiary alicyclic amines) is 1. The third-order valence-electron chi connectivity index (χ3n) is 4.54. The Morgan fingerprint density at radius 2 is 2.08 bits per heavy atom. The van der Waals surface area contributed by atoms with Gasteiger partial charge in [0, 0.05) is 30.7 Å². The Balaban J connectivity index is 1.70. The van der Waals surface area contributed by atoms with Gasteiger partial charge in [0.15, 0.2) is 5.69 Å². The molecule has 1 atom stereocenters. The fourth-order valence-corrected chi connectivity index (χ4v) is 3.71. The first-order valence-electron chi connectivity index (χ1n) is 8.46. The Morgan fingerprint density at radius 1 is 1.27 bits per heavy atom. The Bertz CT molecular complexity index is 822. The molecular weight excluding hydrogens is 377 g/mol. The van der Waals surface area contributed by atoms with E-state index in [9.17, 15) is 9.59 Å². The van der Waals surface area contributed by atoms with E-state index in [2.05, 4.69) is 5.10 Å². The summed E-state index contributed by atoms with van der Waals surface area (Å²) >= 11 is 12.1. The quantitative estimate of drug-likeness (QED) is 0.832. The van der Waals surface area contributed by atoms with Crippen molar-refractivity contribution in [3.8, 4) is 5.69 Å². The second-order valence-corrected chi connectivity index (χ2v) is 7.28. The van der Waals surface area contributed by atoms with E-state index >= 15 is 0 Å². The van der Waals surface area contributed by atoms with Crippen LogP contribution in [-0.2, 0) is 4.79 Å². The summed E-state index contributed by atoms with van der Waals surface area (Å²) in [6.45, 7) is 1.23. The highest BCUT2D eigenvalue weighted by molar-refractivity contribution is 6.35. The van der Waals surface area contributed by atoms with E-state index in [1.807, 2.05) is 0 Å². The topological polar surface area (TPSA) is 75.4 Å². The van der Waals surface area contributed by atoms with Crippen molar-refractivity contribution in [1.29, 1.82) is 0 Å². The maximum Gasteiger partial charge on any atom is 0.303 e. The van der Waals surface area contributed by atoms with Gasteiger partial charge in [0.05, 0.1) is 10.7 Å². The Hall–Kier alpha value is -2.05. The van der Waals surface area contributed by atoms with Crippen LogP contribution >= 0.6 is 23.2 Å². The summed E-state index contributed by atoms with van der Waals surface area (Å²) < 4.78 is 1.55. The van der Waals surface area contributed by atoms with E-state index in [1.165, 1.54) is 0 Å². The van der Waals surface area contributed by atoms with Crippen LogP contribution in [0.3, 0.4) is 0 Å². The predicted octanol–water partition coefficient (Wildman–Crippen LogP) is 3.90. The summed E-state index contributed by atoms with van der Waals surface area (Å²) in [5.74, 6) is -0.725. The van der Waals surface area contributed by atoms with Crippen LogP contribution in [0.2, 0.25) is 10.0 Å². The first-order valence-corrected chi connectivity index (χ1v) is 9.22. The van der Waals surface area contributed by atoms with Crippen molar-refractivity contribution in [2.24, 2.45) is 5.92 Å². The predicted molar refractivity (Wildman–Crippen MR) is 99.1 cm³/mol. The third-order valence-corrected chi connectivity index (χ3v) is 5.08. The number of carboxylic acids is 1. The molecule has 1 unspecified atom stereocenters. The first kappa shape index (κ1) is 18.7. The van der Waals surface area contributed by atoms with Gasteiger partial charge in [-0.1, -0.05) is 23.2 Å². The van der Waals surface area contributed by atoms with Crippen molar-refractivity contribution >= 4 is 35.1 Å². The van der Waals surface area contributed by atoms with Crippen molar-refractivity contribution < 1.29 is 14.7 Å². The Labute approximate surface area is 161 Å². The molecule has 1 saturated heterocycles. The molecule has 0 spiro atoms. The van der Waals surface area contributed by atoms with E-state index in [0.717, 1.165) is 12.8 Å².